The van der Waals surface area contributed by atoms with E-state index in [1.807, 2.05) is 31.2 Å². The standard InChI is InChI=1S/C14H19N3O2/c1-11-4-3-5-12(6-11)14(8-18,9-19)7-13-15-10-16-17(13)2/h3-6,10,18-19H,7-9H2,1-2H3. The minimum absolute atomic E-state index is 0.139. The summed E-state index contributed by atoms with van der Waals surface area (Å²) in [7, 11) is 1.80. The average Bonchev–Trinajstić information content (AvgIpc) is 2.81. The van der Waals surface area contributed by atoms with Crippen LogP contribution in [-0.2, 0) is 18.9 Å². The molecule has 2 aromatic rings. The molecular weight excluding hydrogens is 242 g/mol. The van der Waals surface area contributed by atoms with Gasteiger partial charge in [0.25, 0.3) is 0 Å². The molecule has 0 saturated heterocycles. The summed E-state index contributed by atoms with van der Waals surface area (Å²) in [5.74, 6) is 0.740. The summed E-state index contributed by atoms with van der Waals surface area (Å²) in [6.07, 6.45) is 1.92. The van der Waals surface area contributed by atoms with Crippen LogP contribution in [0.2, 0.25) is 0 Å². The van der Waals surface area contributed by atoms with E-state index in [2.05, 4.69) is 10.1 Å². The summed E-state index contributed by atoms with van der Waals surface area (Å²) < 4.78 is 1.66. The van der Waals surface area contributed by atoms with Gasteiger partial charge in [0.15, 0.2) is 0 Å². The number of hydrogen-bond acceptors (Lipinski definition) is 4. The van der Waals surface area contributed by atoms with Crippen LogP contribution in [0.5, 0.6) is 0 Å². The van der Waals surface area contributed by atoms with E-state index in [9.17, 15) is 10.2 Å². The Morgan fingerprint density at radius 2 is 2.00 bits per heavy atom. The molecule has 0 amide bonds. The monoisotopic (exact) mass is 261 g/mol. The topological polar surface area (TPSA) is 71.2 Å². The van der Waals surface area contributed by atoms with Crippen molar-refractivity contribution in [2.45, 2.75) is 18.8 Å². The highest BCUT2D eigenvalue weighted by Crippen LogP contribution is 2.27. The lowest BCUT2D eigenvalue weighted by Crippen LogP contribution is -2.38. The molecule has 2 N–H and O–H groups in total. The van der Waals surface area contributed by atoms with Gasteiger partial charge in [-0.2, -0.15) is 5.10 Å². The summed E-state index contributed by atoms with van der Waals surface area (Å²) in [5, 5.41) is 23.6. The molecule has 0 saturated carbocycles. The molecule has 1 aromatic heterocycles. The van der Waals surface area contributed by atoms with Crippen molar-refractivity contribution >= 4 is 0 Å². The first-order valence-corrected chi connectivity index (χ1v) is 6.23. The molecule has 0 aliphatic rings. The molecular formula is C14H19N3O2. The Morgan fingerprint density at radius 3 is 2.53 bits per heavy atom. The normalized spacial score (nSPS) is 11.8. The van der Waals surface area contributed by atoms with Gasteiger partial charge in [-0.05, 0) is 12.5 Å². The fraction of sp³-hybridized carbons (Fsp3) is 0.429. The maximum Gasteiger partial charge on any atom is 0.138 e. The molecule has 1 aromatic carbocycles. The highest BCUT2D eigenvalue weighted by Gasteiger charge is 2.33. The number of aromatic nitrogens is 3. The number of aliphatic hydroxyl groups excluding tert-OH is 2. The second-order valence-corrected chi connectivity index (χ2v) is 4.94. The lowest BCUT2D eigenvalue weighted by Gasteiger charge is -2.30. The molecule has 5 heteroatoms. The smallest absolute Gasteiger partial charge is 0.138 e. The highest BCUT2D eigenvalue weighted by molar-refractivity contribution is 5.31. The zero-order chi connectivity index (χ0) is 13.9. The maximum atomic E-state index is 9.79. The van der Waals surface area contributed by atoms with Gasteiger partial charge >= 0.3 is 0 Å². The molecule has 0 spiro atoms. The van der Waals surface area contributed by atoms with Crippen molar-refractivity contribution in [3.63, 3.8) is 0 Å². The summed E-state index contributed by atoms with van der Waals surface area (Å²) in [4.78, 5) is 4.17. The van der Waals surface area contributed by atoms with E-state index >= 15 is 0 Å². The highest BCUT2D eigenvalue weighted by atomic mass is 16.3. The quantitative estimate of drug-likeness (QED) is 0.826. The lowest BCUT2D eigenvalue weighted by molar-refractivity contribution is 0.114. The van der Waals surface area contributed by atoms with Crippen LogP contribution < -0.4 is 0 Å². The fourth-order valence-electron chi connectivity index (χ4n) is 2.20. The van der Waals surface area contributed by atoms with Crippen molar-refractivity contribution in [1.82, 2.24) is 14.8 Å². The van der Waals surface area contributed by atoms with Gasteiger partial charge in [0.1, 0.15) is 12.2 Å². The summed E-state index contributed by atoms with van der Waals surface area (Å²) in [5.41, 5.74) is 1.29. The van der Waals surface area contributed by atoms with Gasteiger partial charge in [0.05, 0.1) is 13.2 Å². The van der Waals surface area contributed by atoms with Crippen molar-refractivity contribution in [2.24, 2.45) is 7.05 Å². The minimum atomic E-state index is -0.729. The van der Waals surface area contributed by atoms with Gasteiger partial charge in [0, 0.05) is 18.9 Å². The zero-order valence-corrected chi connectivity index (χ0v) is 11.2. The summed E-state index contributed by atoms with van der Waals surface area (Å²) in [6.45, 7) is 1.71. The first kappa shape index (κ1) is 13.7. The van der Waals surface area contributed by atoms with Crippen LogP contribution in [0.15, 0.2) is 30.6 Å². The molecule has 0 fully saturated rings. The van der Waals surface area contributed by atoms with E-state index in [0.717, 1.165) is 17.0 Å². The molecule has 1 heterocycles. The first-order valence-electron chi connectivity index (χ1n) is 6.23. The molecule has 0 atom stereocenters. The van der Waals surface area contributed by atoms with Gasteiger partial charge in [-0.25, -0.2) is 4.98 Å². The first-order chi connectivity index (χ1) is 9.11. The molecule has 0 unspecified atom stereocenters. The van der Waals surface area contributed by atoms with Crippen molar-refractivity contribution in [2.75, 3.05) is 13.2 Å². The van der Waals surface area contributed by atoms with E-state index in [0.29, 0.717) is 6.42 Å². The number of aryl methyl sites for hydroxylation is 2. The van der Waals surface area contributed by atoms with Crippen LogP contribution in [0, 0.1) is 6.92 Å². The zero-order valence-electron chi connectivity index (χ0n) is 11.2. The molecule has 102 valence electrons. The number of hydrogen-bond donors (Lipinski definition) is 2. The second-order valence-electron chi connectivity index (χ2n) is 4.94. The third kappa shape index (κ3) is 2.67. The summed E-state index contributed by atoms with van der Waals surface area (Å²) >= 11 is 0. The van der Waals surface area contributed by atoms with E-state index in [1.165, 1.54) is 6.33 Å². The van der Waals surface area contributed by atoms with Crippen molar-refractivity contribution in [1.29, 1.82) is 0 Å². The molecule has 19 heavy (non-hydrogen) atoms. The third-order valence-electron chi connectivity index (χ3n) is 3.54. The van der Waals surface area contributed by atoms with Crippen LogP contribution in [-0.4, -0.2) is 38.2 Å². The Kier molecular flexibility index (Phi) is 3.97. The third-order valence-corrected chi connectivity index (χ3v) is 3.54. The summed E-state index contributed by atoms with van der Waals surface area (Å²) in [6, 6.07) is 7.84. The Bertz CT molecular complexity index is 547. The predicted octanol–water partition coefficient (Wildman–Crippen LogP) is 0.589. The van der Waals surface area contributed by atoms with Crippen LogP contribution in [0.25, 0.3) is 0 Å². The van der Waals surface area contributed by atoms with Crippen molar-refractivity contribution in [3.05, 3.63) is 47.5 Å². The van der Waals surface area contributed by atoms with Crippen LogP contribution in [0.4, 0.5) is 0 Å². The van der Waals surface area contributed by atoms with Crippen molar-refractivity contribution in [3.8, 4) is 0 Å². The number of rotatable bonds is 5. The van der Waals surface area contributed by atoms with E-state index in [1.54, 1.807) is 11.7 Å². The molecule has 0 radical (unpaired) electrons. The van der Waals surface area contributed by atoms with Crippen molar-refractivity contribution < 1.29 is 10.2 Å². The van der Waals surface area contributed by atoms with Crippen LogP contribution in [0.3, 0.4) is 0 Å². The van der Waals surface area contributed by atoms with E-state index < -0.39 is 5.41 Å². The molecule has 5 nitrogen and oxygen atoms in total. The Hall–Kier alpha value is -1.72. The van der Waals surface area contributed by atoms with Gasteiger partial charge in [-0.1, -0.05) is 29.8 Å². The Balaban J connectivity index is 2.40. The molecule has 0 aliphatic carbocycles. The molecule has 2 rings (SSSR count). The van der Waals surface area contributed by atoms with Gasteiger partial charge in [-0.15, -0.1) is 0 Å². The number of aliphatic hydroxyl groups is 2. The Labute approximate surface area is 112 Å². The molecule has 0 bridgehead atoms. The van der Waals surface area contributed by atoms with E-state index in [-0.39, 0.29) is 13.2 Å². The predicted molar refractivity (Wildman–Crippen MR) is 71.7 cm³/mol. The largest absolute Gasteiger partial charge is 0.395 e. The average molecular weight is 261 g/mol. The van der Waals surface area contributed by atoms with Crippen LogP contribution >= 0.6 is 0 Å². The number of benzene rings is 1. The second kappa shape index (κ2) is 5.50. The van der Waals surface area contributed by atoms with Gasteiger partial charge in [0.2, 0.25) is 0 Å². The molecule has 0 aliphatic heterocycles. The minimum Gasteiger partial charge on any atom is -0.395 e. The fourth-order valence-corrected chi connectivity index (χ4v) is 2.20. The lowest BCUT2D eigenvalue weighted by atomic mass is 9.78. The number of nitrogens with zero attached hydrogens (tertiary/aromatic N) is 3. The Morgan fingerprint density at radius 1 is 1.26 bits per heavy atom. The maximum absolute atomic E-state index is 9.79. The van der Waals surface area contributed by atoms with E-state index in [4.69, 9.17) is 0 Å². The van der Waals surface area contributed by atoms with Crippen LogP contribution in [0.1, 0.15) is 17.0 Å². The van der Waals surface area contributed by atoms with Gasteiger partial charge in [-0.3, -0.25) is 4.68 Å². The van der Waals surface area contributed by atoms with Gasteiger partial charge < -0.3 is 10.2 Å². The SMILES string of the molecule is Cc1cccc(C(CO)(CO)Cc2ncnn2C)c1.